The van der Waals surface area contributed by atoms with E-state index in [4.69, 9.17) is 13.9 Å². The van der Waals surface area contributed by atoms with Crippen molar-refractivity contribution in [3.05, 3.63) is 105 Å². The maximum absolute atomic E-state index is 12.5. The molecule has 3 aromatic carbocycles. The number of nitrogens with one attached hydrogen (secondary N) is 1. The molecule has 36 heavy (non-hydrogen) atoms. The van der Waals surface area contributed by atoms with Crippen LogP contribution in [-0.2, 0) is 11.2 Å². The predicted octanol–water partition coefficient (Wildman–Crippen LogP) is 4.68. The van der Waals surface area contributed by atoms with Crippen LogP contribution >= 0.6 is 0 Å². The maximum Gasteiger partial charge on any atom is 0.349 e. The molecule has 0 unspecified atom stereocenters. The van der Waals surface area contributed by atoms with E-state index in [0.29, 0.717) is 24.1 Å². The molecule has 0 fully saturated rings. The van der Waals surface area contributed by atoms with Gasteiger partial charge >= 0.3 is 11.6 Å². The van der Waals surface area contributed by atoms with E-state index in [1.165, 1.54) is 12.1 Å². The van der Waals surface area contributed by atoms with Crippen molar-refractivity contribution in [3.8, 4) is 11.5 Å². The van der Waals surface area contributed by atoms with Crippen LogP contribution in [0.3, 0.4) is 0 Å². The number of benzene rings is 3. The minimum Gasteiger partial charge on any atom is -0.481 e. The Morgan fingerprint density at radius 1 is 0.917 bits per heavy atom. The minimum absolute atomic E-state index is 0.0856. The number of esters is 1. The number of rotatable bonds is 8. The van der Waals surface area contributed by atoms with Crippen LogP contribution in [-0.4, -0.2) is 25.0 Å². The average Bonchev–Trinajstić information content (AvgIpc) is 2.86. The third-order valence-corrected chi connectivity index (χ3v) is 5.93. The third kappa shape index (κ3) is 5.81. The first-order chi connectivity index (χ1) is 17.3. The molecule has 0 saturated carbocycles. The Bertz CT molecular complexity index is 1470. The molecule has 0 saturated heterocycles. The van der Waals surface area contributed by atoms with Gasteiger partial charge in [0.25, 0.3) is 5.91 Å². The second-order valence-corrected chi connectivity index (χ2v) is 8.55. The van der Waals surface area contributed by atoms with Gasteiger partial charge in [-0.25, -0.2) is 9.59 Å². The molecule has 1 aromatic heterocycles. The van der Waals surface area contributed by atoms with Crippen molar-refractivity contribution in [3.63, 3.8) is 0 Å². The summed E-state index contributed by atoms with van der Waals surface area (Å²) in [6.07, 6.45) is 0.646. The smallest absolute Gasteiger partial charge is 0.349 e. The molecule has 4 rings (SSSR count). The fraction of sp³-hybridized carbons (Fsp3) is 0.207. The number of fused-ring (bicyclic) bond motifs is 1. The lowest BCUT2D eigenvalue weighted by Crippen LogP contribution is -2.29. The first-order valence-corrected chi connectivity index (χ1v) is 11.6. The molecule has 7 nitrogen and oxygen atoms in total. The first kappa shape index (κ1) is 24.7. The topological polar surface area (TPSA) is 94.8 Å². The van der Waals surface area contributed by atoms with E-state index in [2.05, 4.69) is 5.32 Å². The lowest BCUT2D eigenvalue weighted by Gasteiger charge is -2.13. The summed E-state index contributed by atoms with van der Waals surface area (Å²) < 4.78 is 16.4. The zero-order valence-electron chi connectivity index (χ0n) is 20.4. The second kappa shape index (κ2) is 10.9. The Morgan fingerprint density at radius 2 is 1.67 bits per heavy atom. The van der Waals surface area contributed by atoms with Crippen molar-refractivity contribution in [2.75, 3.05) is 13.2 Å². The molecule has 0 aliphatic heterocycles. The molecule has 1 amide bonds. The Morgan fingerprint density at radius 3 is 2.44 bits per heavy atom. The predicted molar refractivity (Wildman–Crippen MR) is 137 cm³/mol. The normalized spacial score (nSPS) is 10.8. The molecule has 0 bridgehead atoms. The van der Waals surface area contributed by atoms with Gasteiger partial charge in [-0.15, -0.1) is 0 Å². The summed E-state index contributed by atoms with van der Waals surface area (Å²) in [4.78, 5) is 37.3. The number of amides is 1. The summed E-state index contributed by atoms with van der Waals surface area (Å²) >= 11 is 0. The zero-order chi connectivity index (χ0) is 25.7. The van der Waals surface area contributed by atoms with Gasteiger partial charge in [0, 0.05) is 18.0 Å². The summed E-state index contributed by atoms with van der Waals surface area (Å²) in [6, 6.07) is 19.8. The molecule has 1 N–H and O–H groups in total. The highest BCUT2D eigenvalue weighted by atomic mass is 16.6. The number of carbonyl (C=O) groups excluding carboxylic acids is 2. The summed E-state index contributed by atoms with van der Waals surface area (Å²) in [6.45, 7) is 5.94. The van der Waals surface area contributed by atoms with Crippen molar-refractivity contribution < 1.29 is 23.5 Å². The lowest BCUT2D eigenvalue weighted by atomic mass is 10.1. The Balaban J connectivity index is 1.39. The number of carbonyl (C=O) groups is 2. The number of ether oxygens (including phenoxy) is 2. The number of aryl methyl sites for hydroxylation is 2. The van der Waals surface area contributed by atoms with E-state index in [1.54, 1.807) is 12.1 Å². The molecule has 0 aliphatic rings. The quantitative estimate of drug-likeness (QED) is 0.221. The number of hydrogen-bond acceptors (Lipinski definition) is 6. The van der Waals surface area contributed by atoms with Crippen LogP contribution in [0.1, 0.15) is 32.6 Å². The molecule has 0 atom stereocenters. The van der Waals surface area contributed by atoms with E-state index in [1.807, 2.05) is 63.2 Å². The minimum atomic E-state index is -0.767. The van der Waals surface area contributed by atoms with Crippen molar-refractivity contribution in [2.45, 2.75) is 27.2 Å². The molecular weight excluding hydrogens is 458 g/mol. The first-order valence-electron chi connectivity index (χ1n) is 11.6. The monoisotopic (exact) mass is 485 g/mol. The molecule has 0 spiro atoms. The highest BCUT2D eigenvalue weighted by Gasteiger charge is 2.15. The van der Waals surface area contributed by atoms with Crippen molar-refractivity contribution in [1.82, 2.24) is 5.32 Å². The van der Waals surface area contributed by atoms with Crippen LogP contribution in [0.5, 0.6) is 11.5 Å². The van der Waals surface area contributed by atoms with Gasteiger partial charge in [0.2, 0.25) is 0 Å². The number of hydrogen-bond donors (Lipinski definition) is 1. The van der Waals surface area contributed by atoms with Gasteiger partial charge in [0.1, 0.15) is 22.6 Å². The van der Waals surface area contributed by atoms with Crippen LogP contribution < -0.4 is 20.4 Å². The Kier molecular flexibility index (Phi) is 7.49. The SMILES string of the molecule is Cc1ccc(C)c(OCC(=O)Oc2ccc3cc(C(=O)NCCc4ccccc4)c(=O)oc3c2)c1C. The third-order valence-electron chi connectivity index (χ3n) is 5.93. The summed E-state index contributed by atoms with van der Waals surface area (Å²) in [5.74, 6) is -0.231. The van der Waals surface area contributed by atoms with Gasteiger partial charge in [-0.05, 0) is 67.6 Å². The second-order valence-electron chi connectivity index (χ2n) is 8.55. The highest BCUT2D eigenvalue weighted by molar-refractivity contribution is 5.96. The summed E-state index contributed by atoms with van der Waals surface area (Å²) in [7, 11) is 0. The van der Waals surface area contributed by atoms with Crippen LogP contribution in [0.4, 0.5) is 0 Å². The van der Waals surface area contributed by atoms with Crippen molar-refractivity contribution in [1.29, 1.82) is 0 Å². The van der Waals surface area contributed by atoms with E-state index in [0.717, 1.165) is 22.3 Å². The molecule has 7 heteroatoms. The van der Waals surface area contributed by atoms with E-state index in [9.17, 15) is 14.4 Å². The average molecular weight is 486 g/mol. The van der Waals surface area contributed by atoms with Gasteiger partial charge in [0.05, 0.1) is 0 Å². The molecule has 0 radical (unpaired) electrons. The molecule has 184 valence electrons. The molecule has 1 heterocycles. The Hall–Kier alpha value is -4.39. The van der Waals surface area contributed by atoms with Gasteiger partial charge in [-0.3, -0.25) is 4.79 Å². The van der Waals surface area contributed by atoms with E-state index < -0.39 is 17.5 Å². The van der Waals surface area contributed by atoms with Crippen molar-refractivity contribution in [2.24, 2.45) is 0 Å². The molecular formula is C29H27NO6. The van der Waals surface area contributed by atoms with Gasteiger partial charge in [-0.1, -0.05) is 42.5 Å². The van der Waals surface area contributed by atoms with E-state index in [-0.39, 0.29) is 23.5 Å². The van der Waals surface area contributed by atoms with Gasteiger partial charge < -0.3 is 19.2 Å². The summed E-state index contributed by atoms with van der Waals surface area (Å²) in [5.41, 5.74) is 3.40. The van der Waals surface area contributed by atoms with Crippen LogP contribution in [0.25, 0.3) is 11.0 Å². The summed E-state index contributed by atoms with van der Waals surface area (Å²) in [5, 5.41) is 3.28. The highest BCUT2D eigenvalue weighted by Crippen LogP contribution is 2.26. The molecule has 0 aliphatic carbocycles. The fourth-order valence-electron chi connectivity index (χ4n) is 3.81. The van der Waals surface area contributed by atoms with Gasteiger partial charge in [-0.2, -0.15) is 0 Å². The Labute approximate surface area is 208 Å². The lowest BCUT2D eigenvalue weighted by molar-refractivity contribution is -0.136. The largest absolute Gasteiger partial charge is 0.481 e. The van der Waals surface area contributed by atoms with Gasteiger partial charge in [0.15, 0.2) is 6.61 Å². The fourth-order valence-corrected chi connectivity index (χ4v) is 3.81. The van der Waals surface area contributed by atoms with Crippen molar-refractivity contribution >= 4 is 22.8 Å². The van der Waals surface area contributed by atoms with E-state index >= 15 is 0 Å². The maximum atomic E-state index is 12.5. The molecule has 4 aromatic rings. The van der Waals surface area contributed by atoms with Crippen LogP contribution in [0.2, 0.25) is 0 Å². The standard InChI is InChI=1S/C29H27NO6/c1-18-9-10-19(2)27(20(18)3)34-17-26(31)35-23-12-11-22-15-24(29(33)36-25(22)16-23)28(32)30-14-13-21-7-5-4-6-8-21/h4-12,15-16H,13-14,17H2,1-3H3,(H,30,32). The van der Waals surface area contributed by atoms with Crippen LogP contribution in [0, 0.1) is 20.8 Å². The zero-order valence-corrected chi connectivity index (χ0v) is 20.4. The van der Waals surface area contributed by atoms with Crippen LogP contribution in [0.15, 0.2) is 75.9 Å².